The summed E-state index contributed by atoms with van der Waals surface area (Å²) in [7, 11) is 0. The first kappa shape index (κ1) is 18.1. The van der Waals surface area contributed by atoms with Gasteiger partial charge in [0.2, 0.25) is 5.95 Å². The Hall–Kier alpha value is -6.85. The maximum Gasteiger partial charge on any atom is 0.238 e. The molecule has 0 N–H and O–H groups in total. The zero-order valence-corrected chi connectivity index (χ0v) is 27.4. The van der Waals surface area contributed by atoms with Crippen molar-refractivity contribution < 1.29 is 26.3 Å². The quantitative estimate of drug-likeness (QED) is 0.184. The second kappa shape index (κ2) is 11.1. The zero-order valence-electron chi connectivity index (χ0n) is 43.4. The van der Waals surface area contributed by atoms with E-state index in [4.69, 9.17) is 35.8 Å². The minimum absolute atomic E-state index is 0.0227. The van der Waals surface area contributed by atoms with Gasteiger partial charge in [0, 0.05) is 46.3 Å². The van der Waals surface area contributed by atoms with Crippen molar-refractivity contribution in [1.29, 1.82) is 0 Å². The van der Waals surface area contributed by atoms with Crippen LogP contribution in [-0.4, -0.2) is 19.5 Å². The monoisotopic (exact) mass is 696 g/mol. The fraction of sp³-hybridized carbons (Fsp3) is 0.0625. The van der Waals surface area contributed by atoms with E-state index in [0.29, 0.717) is 22.3 Å². The highest BCUT2D eigenvalue weighted by Crippen LogP contribution is 2.53. The molecule has 0 aliphatic heterocycles. The van der Waals surface area contributed by atoms with Gasteiger partial charge in [0.05, 0.1) is 24.7 Å². The van der Waals surface area contributed by atoms with E-state index in [1.807, 2.05) is 72.8 Å². The molecule has 0 unspecified atom stereocenters. The summed E-state index contributed by atoms with van der Waals surface area (Å²) in [6, 6.07) is 21.4. The maximum atomic E-state index is 9.73. The van der Waals surface area contributed by atoms with Crippen molar-refractivity contribution in [3.63, 3.8) is 0 Å². The van der Waals surface area contributed by atoms with E-state index in [1.165, 1.54) is 0 Å². The highest BCUT2D eigenvalue weighted by Gasteiger charge is 2.38. The topological polar surface area (TPSA) is 56.7 Å². The number of benzene rings is 7. The van der Waals surface area contributed by atoms with Gasteiger partial charge >= 0.3 is 0 Å². The summed E-state index contributed by atoms with van der Waals surface area (Å²) < 4.78 is 153. The lowest BCUT2D eigenvalue weighted by Gasteiger charge is -2.22. The molecule has 0 spiro atoms. The van der Waals surface area contributed by atoms with E-state index in [0.717, 1.165) is 26.5 Å². The number of fused-ring (bicyclic) bond motifs is 10. The van der Waals surface area contributed by atoms with Gasteiger partial charge in [0.15, 0.2) is 11.6 Å². The Balaban J connectivity index is 1.32. The number of furan rings is 1. The highest BCUT2D eigenvalue weighted by atomic mass is 16.3. The molecule has 5 nitrogen and oxygen atoms in total. The predicted octanol–water partition coefficient (Wildman–Crippen LogP) is 12.2. The number of aromatic nitrogens is 4. The van der Waals surface area contributed by atoms with Crippen LogP contribution in [0.4, 0.5) is 0 Å². The average molecular weight is 697 g/mol. The number of nitrogens with zero attached hydrogens (tertiary/aromatic N) is 4. The molecule has 0 saturated carbocycles. The van der Waals surface area contributed by atoms with Gasteiger partial charge in [-0.2, -0.15) is 9.97 Å². The summed E-state index contributed by atoms with van der Waals surface area (Å²) in [6.45, 7) is -7.37. The van der Waals surface area contributed by atoms with E-state index in [1.54, 1.807) is 24.3 Å². The molecule has 1 aliphatic rings. The molecule has 250 valence electrons. The van der Waals surface area contributed by atoms with Gasteiger partial charge in [-0.25, -0.2) is 4.98 Å². The number of hydrogen-bond acceptors (Lipinski definition) is 4. The van der Waals surface area contributed by atoms with Crippen molar-refractivity contribution in [2.75, 3.05) is 0 Å². The molecule has 3 aromatic heterocycles. The lowest BCUT2D eigenvalue weighted by molar-refractivity contribution is 0.666. The lowest BCUT2D eigenvalue weighted by Crippen LogP contribution is -2.15. The Morgan fingerprint density at radius 2 is 1.26 bits per heavy atom. The molecule has 0 atom stereocenters. The normalized spacial score (nSPS) is 18.0. The van der Waals surface area contributed by atoms with E-state index in [2.05, 4.69) is 0 Å². The summed E-state index contributed by atoms with van der Waals surface area (Å²) in [4.78, 5) is 14.6. The van der Waals surface area contributed by atoms with Crippen molar-refractivity contribution in [3.05, 3.63) is 169 Å². The molecule has 10 aromatic rings. The first-order chi connectivity index (χ1) is 32.7. The average Bonchev–Trinajstić information content (AvgIpc) is 4.00. The minimum Gasteiger partial charge on any atom is -0.456 e. The maximum absolute atomic E-state index is 9.73. The molecule has 3 heterocycles. The third-order valence-electron chi connectivity index (χ3n) is 9.81. The van der Waals surface area contributed by atoms with E-state index < -0.39 is 124 Å². The molecule has 11 rings (SSSR count). The van der Waals surface area contributed by atoms with Crippen molar-refractivity contribution in [2.24, 2.45) is 0 Å². The summed E-state index contributed by atoms with van der Waals surface area (Å²) in [5.74, 6) is -0.295. The molecule has 53 heavy (non-hydrogen) atoms. The summed E-state index contributed by atoms with van der Waals surface area (Å²) in [5, 5.41) is 0.689. The smallest absolute Gasteiger partial charge is 0.238 e. The third-order valence-corrected chi connectivity index (χ3v) is 9.81. The predicted molar refractivity (Wildman–Crippen MR) is 215 cm³/mol. The van der Waals surface area contributed by atoms with Crippen molar-refractivity contribution >= 4 is 43.7 Å². The number of hydrogen-bond donors (Lipinski definition) is 0. The van der Waals surface area contributed by atoms with Crippen molar-refractivity contribution in [2.45, 2.75) is 19.1 Å². The Morgan fingerprint density at radius 1 is 0.566 bits per heavy atom. The summed E-state index contributed by atoms with van der Waals surface area (Å²) in [5.41, 5.74) is -3.26. The SMILES string of the molecule is [2H]c1c([2H])c([2H])c2c(c1[2H])-c1c([2H])c([2H])c3c(c1C2(C([2H])([2H])[2H])C([2H])([2H])[2H])c1c([2H])c([2H])c([2H])c([2H])c1n3-c1nc(-c2ccc(-c3ccccc3)cc2)nc(-c2ccc3c(c2)oc2ccccc23)n1. The van der Waals surface area contributed by atoms with Gasteiger partial charge in [0.25, 0.3) is 0 Å². The van der Waals surface area contributed by atoms with Crippen LogP contribution in [0.15, 0.2) is 162 Å². The standard InChI is InChI=1S/C48H32N4O/c1-48(2)38-17-9-6-14-33(38)36-26-27-40-43(44(36)48)37-16-7-10-18-39(37)52(40)47-50-45(31-22-20-30(21-23-31)29-12-4-3-5-13-29)49-46(51-47)32-24-25-35-34-15-8-11-19-41(34)53-42(35)28-32/h3-28H,1-2H3/i1D3,2D3,6D,7D,9D,10D,14D,16D,17D,18D,26D,27D. The molecular formula is C48H32N4O. The molecule has 0 fully saturated rings. The van der Waals surface area contributed by atoms with Crippen molar-refractivity contribution in [3.8, 4) is 51.0 Å². The molecule has 0 radical (unpaired) electrons. The second-order valence-electron chi connectivity index (χ2n) is 12.8. The molecular weight excluding hydrogens is 649 g/mol. The first-order valence-electron chi connectivity index (χ1n) is 24.7. The van der Waals surface area contributed by atoms with Crippen LogP contribution in [0.5, 0.6) is 0 Å². The van der Waals surface area contributed by atoms with Crippen LogP contribution < -0.4 is 0 Å². The van der Waals surface area contributed by atoms with Gasteiger partial charge in [-0.05, 0) is 63.7 Å². The Bertz CT molecular complexity index is 3870. The second-order valence-corrected chi connectivity index (χ2v) is 12.8. The fourth-order valence-electron chi connectivity index (χ4n) is 7.37. The summed E-state index contributed by atoms with van der Waals surface area (Å²) >= 11 is 0. The third kappa shape index (κ3) is 4.40. The molecule has 0 amide bonds. The number of para-hydroxylation sites is 2. The van der Waals surface area contributed by atoms with Gasteiger partial charge in [0.1, 0.15) is 11.2 Å². The largest absolute Gasteiger partial charge is 0.456 e. The molecule has 0 saturated heterocycles. The van der Waals surface area contributed by atoms with E-state index >= 15 is 0 Å². The van der Waals surface area contributed by atoms with Gasteiger partial charge < -0.3 is 4.42 Å². The summed E-state index contributed by atoms with van der Waals surface area (Å²) in [6.07, 6.45) is 0. The number of rotatable bonds is 4. The van der Waals surface area contributed by atoms with E-state index in [9.17, 15) is 5.48 Å². The van der Waals surface area contributed by atoms with Crippen LogP contribution in [0.2, 0.25) is 0 Å². The van der Waals surface area contributed by atoms with Crippen LogP contribution in [0, 0.1) is 0 Å². The van der Waals surface area contributed by atoms with Crippen molar-refractivity contribution in [1.82, 2.24) is 19.5 Å². The minimum atomic E-state index is -3.69. The molecule has 1 aliphatic carbocycles. The highest BCUT2D eigenvalue weighted by molar-refractivity contribution is 6.14. The van der Waals surface area contributed by atoms with Gasteiger partial charge in [-0.15, -0.1) is 0 Å². The van der Waals surface area contributed by atoms with Gasteiger partial charge in [-0.3, -0.25) is 4.57 Å². The van der Waals surface area contributed by atoms with Crippen LogP contribution in [0.25, 0.3) is 94.7 Å². The van der Waals surface area contributed by atoms with E-state index in [-0.39, 0.29) is 17.6 Å². The Morgan fingerprint density at radius 3 is 2.13 bits per heavy atom. The molecule has 7 aromatic carbocycles. The Labute approximate surface area is 328 Å². The fourth-order valence-corrected chi connectivity index (χ4v) is 7.37. The van der Waals surface area contributed by atoms with Crippen LogP contribution >= 0.6 is 0 Å². The van der Waals surface area contributed by atoms with Crippen LogP contribution in [-0.2, 0) is 5.41 Å². The van der Waals surface area contributed by atoms with Crippen LogP contribution in [0.1, 0.15) is 46.8 Å². The zero-order chi connectivity index (χ0) is 49.0. The molecule has 0 bridgehead atoms. The lowest BCUT2D eigenvalue weighted by atomic mass is 9.80. The molecule has 5 heteroatoms. The van der Waals surface area contributed by atoms with Crippen LogP contribution in [0.3, 0.4) is 0 Å². The Kier molecular flexibility index (Phi) is 3.78. The van der Waals surface area contributed by atoms with Gasteiger partial charge in [-0.1, -0.05) is 141 Å². The first-order valence-corrected chi connectivity index (χ1v) is 16.7.